The fraction of sp³-hybridized carbons (Fsp3) is 0.348. The van der Waals surface area contributed by atoms with E-state index in [0.717, 1.165) is 11.1 Å². The van der Waals surface area contributed by atoms with Crippen LogP contribution in [0.25, 0.3) is 0 Å². The number of halogens is 1. The van der Waals surface area contributed by atoms with E-state index in [1.807, 2.05) is 30.6 Å². The second kappa shape index (κ2) is 9.11. The Kier molecular flexibility index (Phi) is 6.55. The van der Waals surface area contributed by atoms with Crippen LogP contribution in [0.2, 0.25) is 0 Å². The average Bonchev–Trinajstić information content (AvgIpc) is 2.72. The molecule has 7 heteroatoms. The Balaban J connectivity index is 1.72. The zero-order chi connectivity index (χ0) is 21.8. The van der Waals surface area contributed by atoms with Crippen molar-refractivity contribution in [3.05, 3.63) is 70.7 Å². The molecule has 1 heterocycles. The molecule has 2 aromatic rings. The minimum Gasteiger partial charge on any atom is -0.478 e. The molecule has 0 spiro atoms. The van der Waals surface area contributed by atoms with Crippen molar-refractivity contribution in [1.82, 2.24) is 9.80 Å². The SMILES string of the molecule is Cc1ccc(C(=O)O)cc1OCN1C[C@H](C)N(Cc2ccc(F)cc2)C(=C=O)[C@H]1C. The number of rotatable bonds is 6. The second-order valence-corrected chi connectivity index (χ2v) is 7.60. The summed E-state index contributed by atoms with van der Waals surface area (Å²) in [5.41, 5.74) is 2.42. The lowest BCUT2D eigenvalue weighted by atomic mass is 10.0. The van der Waals surface area contributed by atoms with Gasteiger partial charge in [-0.15, -0.1) is 0 Å². The first-order chi connectivity index (χ1) is 14.3. The lowest BCUT2D eigenvalue weighted by molar-refractivity contribution is 0.0282. The van der Waals surface area contributed by atoms with Crippen molar-refractivity contribution in [3.8, 4) is 5.75 Å². The van der Waals surface area contributed by atoms with Gasteiger partial charge in [0, 0.05) is 19.1 Å². The molecule has 2 atom stereocenters. The van der Waals surface area contributed by atoms with E-state index in [0.29, 0.717) is 24.5 Å². The van der Waals surface area contributed by atoms with E-state index in [-0.39, 0.29) is 30.2 Å². The molecule has 1 N–H and O–H groups in total. The number of hydrogen-bond acceptors (Lipinski definition) is 5. The first-order valence-corrected chi connectivity index (χ1v) is 9.77. The normalized spacial score (nSPS) is 19.5. The van der Waals surface area contributed by atoms with Crippen molar-refractivity contribution in [1.29, 1.82) is 0 Å². The zero-order valence-electron chi connectivity index (χ0n) is 17.3. The average molecular weight is 412 g/mol. The van der Waals surface area contributed by atoms with Crippen LogP contribution in [0.15, 0.2) is 48.2 Å². The number of ether oxygens (including phenoxy) is 1. The third kappa shape index (κ3) is 4.70. The maximum absolute atomic E-state index is 13.2. The highest BCUT2D eigenvalue weighted by molar-refractivity contribution is 5.88. The molecule has 1 saturated heterocycles. The van der Waals surface area contributed by atoms with Crippen molar-refractivity contribution in [2.24, 2.45) is 0 Å². The summed E-state index contributed by atoms with van der Waals surface area (Å²) >= 11 is 0. The van der Waals surface area contributed by atoms with E-state index in [2.05, 4.69) is 5.94 Å². The van der Waals surface area contributed by atoms with Crippen LogP contribution in [-0.2, 0) is 11.3 Å². The molecule has 158 valence electrons. The van der Waals surface area contributed by atoms with E-state index in [1.54, 1.807) is 18.2 Å². The largest absolute Gasteiger partial charge is 0.478 e. The number of hydrogen-bond donors (Lipinski definition) is 1. The summed E-state index contributed by atoms with van der Waals surface area (Å²) in [5, 5.41) is 9.19. The molecule has 0 saturated carbocycles. The van der Waals surface area contributed by atoms with Gasteiger partial charge in [-0.2, -0.15) is 0 Å². The summed E-state index contributed by atoms with van der Waals surface area (Å²) in [5.74, 6) is 1.27. The van der Waals surface area contributed by atoms with Crippen molar-refractivity contribution in [2.45, 2.75) is 39.4 Å². The van der Waals surface area contributed by atoms with Crippen LogP contribution in [0.3, 0.4) is 0 Å². The fourth-order valence-electron chi connectivity index (χ4n) is 3.62. The Bertz CT molecular complexity index is 970. The van der Waals surface area contributed by atoms with Gasteiger partial charge in [0.25, 0.3) is 0 Å². The standard InChI is InChI=1S/C23H25FN2O4/c1-15-4-7-19(23(28)29)10-22(15)30-14-25-11-16(2)26(21(13-27)17(25)3)12-18-5-8-20(24)9-6-18/h4-10,16-17H,11-12,14H2,1-3H3,(H,28,29)/t16-,17+/m0/s1. The van der Waals surface area contributed by atoms with E-state index >= 15 is 0 Å². The minimum atomic E-state index is -1.01. The molecule has 0 unspecified atom stereocenters. The summed E-state index contributed by atoms with van der Waals surface area (Å²) in [4.78, 5) is 27.0. The summed E-state index contributed by atoms with van der Waals surface area (Å²) in [6.45, 7) is 7.12. The third-order valence-corrected chi connectivity index (χ3v) is 5.48. The number of benzene rings is 2. The van der Waals surface area contributed by atoms with E-state index < -0.39 is 5.97 Å². The zero-order valence-corrected chi connectivity index (χ0v) is 17.3. The summed E-state index contributed by atoms with van der Waals surface area (Å²) in [6, 6.07) is 10.8. The molecule has 6 nitrogen and oxygen atoms in total. The van der Waals surface area contributed by atoms with Gasteiger partial charge in [0.2, 0.25) is 0 Å². The summed E-state index contributed by atoms with van der Waals surface area (Å²) < 4.78 is 19.1. The first kappa shape index (κ1) is 21.6. The van der Waals surface area contributed by atoms with Crippen LogP contribution in [0, 0.1) is 12.7 Å². The Hall–Kier alpha value is -3.15. The smallest absolute Gasteiger partial charge is 0.335 e. The van der Waals surface area contributed by atoms with Crippen molar-refractivity contribution in [3.63, 3.8) is 0 Å². The predicted molar refractivity (Wildman–Crippen MR) is 110 cm³/mol. The Labute approximate surface area is 175 Å². The maximum atomic E-state index is 13.2. The number of aromatic carboxylic acids is 1. The maximum Gasteiger partial charge on any atom is 0.335 e. The Morgan fingerprint density at radius 3 is 2.57 bits per heavy atom. The van der Waals surface area contributed by atoms with Gasteiger partial charge in [-0.3, -0.25) is 4.90 Å². The molecule has 0 amide bonds. The van der Waals surface area contributed by atoms with Gasteiger partial charge in [-0.05, 0) is 56.2 Å². The van der Waals surface area contributed by atoms with Crippen molar-refractivity contribution < 1.29 is 23.8 Å². The topological polar surface area (TPSA) is 70.1 Å². The first-order valence-electron chi connectivity index (χ1n) is 9.77. The molecular formula is C23H25FN2O4. The number of aryl methyl sites for hydroxylation is 1. The molecule has 3 rings (SSSR count). The molecule has 1 aliphatic heterocycles. The number of carboxylic acids is 1. The number of nitrogens with zero attached hydrogens (tertiary/aromatic N) is 2. The molecule has 1 fully saturated rings. The minimum absolute atomic E-state index is 0.0118. The number of carbonyl (C=O) groups excluding carboxylic acids is 1. The molecule has 0 bridgehead atoms. The van der Waals surface area contributed by atoms with Gasteiger partial charge in [-0.1, -0.05) is 18.2 Å². The van der Waals surface area contributed by atoms with Gasteiger partial charge in [0.1, 0.15) is 29.9 Å². The van der Waals surface area contributed by atoms with Crippen LogP contribution in [-0.4, -0.2) is 52.2 Å². The van der Waals surface area contributed by atoms with Crippen LogP contribution in [0.1, 0.15) is 35.3 Å². The van der Waals surface area contributed by atoms with Gasteiger partial charge in [-0.25, -0.2) is 14.0 Å². The highest BCUT2D eigenvalue weighted by Gasteiger charge is 2.34. The van der Waals surface area contributed by atoms with Crippen LogP contribution >= 0.6 is 0 Å². The van der Waals surface area contributed by atoms with E-state index in [9.17, 15) is 19.1 Å². The Morgan fingerprint density at radius 1 is 1.23 bits per heavy atom. The molecule has 30 heavy (non-hydrogen) atoms. The molecule has 0 aliphatic carbocycles. The molecular weight excluding hydrogens is 387 g/mol. The monoisotopic (exact) mass is 412 g/mol. The lowest BCUT2D eigenvalue weighted by Gasteiger charge is -2.45. The van der Waals surface area contributed by atoms with Gasteiger partial charge < -0.3 is 14.7 Å². The highest BCUT2D eigenvalue weighted by atomic mass is 19.1. The molecule has 1 aliphatic rings. The van der Waals surface area contributed by atoms with Gasteiger partial charge in [0.05, 0.1) is 11.6 Å². The molecule has 0 radical (unpaired) electrons. The summed E-state index contributed by atoms with van der Waals surface area (Å²) in [6.07, 6.45) is 0. The fourth-order valence-corrected chi connectivity index (χ4v) is 3.62. The van der Waals surface area contributed by atoms with E-state index in [4.69, 9.17) is 4.74 Å². The van der Waals surface area contributed by atoms with Crippen LogP contribution < -0.4 is 4.74 Å². The van der Waals surface area contributed by atoms with E-state index in [1.165, 1.54) is 24.3 Å². The second-order valence-electron chi connectivity index (χ2n) is 7.60. The molecule has 2 aromatic carbocycles. The quantitative estimate of drug-likeness (QED) is 0.733. The third-order valence-electron chi connectivity index (χ3n) is 5.48. The van der Waals surface area contributed by atoms with Crippen LogP contribution in [0.4, 0.5) is 4.39 Å². The predicted octanol–water partition coefficient (Wildman–Crippen LogP) is 3.48. The van der Waals surface area contributed by atoms with Gasteiger partial charge in [0.15, 0.2) is 0 Å². The Morgan fingerprint density at radius 2 is 1.93 bits per heavy atom. The number of carbonyl (C=O) groups is 1. The van der Waals surface area contributed by atoms with Gasteiger partial charge >= 0.3 is 5.97 Å². The van der Waals surface area contributed by atoms with Crippen LogP contribution in [0.5, 0.6) is 5.75 Å². The summed E-state index contributed by atoms with van der Waals surface area (Å²) in [7, 11) is 0. The molecule has 0 aromatic heterocycles. The lowest BCUT2D eigenvalue weighted by Crippen LogP contribution is -2.55. The number of piperazine rings is 1. The van der Waals surface area contributed by atoms with Crippen molar-refractivity contribution >= 4 is 11.9 Å². The number of carboxylic acid groups (broad SMARTS) is 1. The highest BCUT2D eigenvalue weighted by Crippen LogP contribution is 2.27. The van der Waals surface area contributed by atoms with Crippen molar-refractivity contribution in [2.75, 3.05) is 13.3 Å².